The summed E-state index contributed by atoms with van der Waals surface area (Å²) in [4.78, 5) is 0. The number of benzene rings is 2. The van der Waals surface area contributed by atoms with E-state index in [0.29, 0.717) is 0 Å². The van der Waals surface area contributed by atoms with Gasteiger partial charge in [0.05, 0.1) is 16.2 Å². The molecule has 0 saturated carbocycles. The van der Waals surface area contributed by atoms with Crippen LogP contribution in [0.25, 0.3) is 10.8 Å². The van der Waals surface area contributed by atoms with Gasteiger partial charge in [-0.05, 0) is 0 Å². The van der Waals surface area contributed by atoms with Crippen LogP contribution >= 0.6 is 0 Å². The molecule has 2 N–H and O–H groups in total. The van der Waals surface area contributed by atoms with E-state index in [1.807, 2.05) is 0 Å². The molecule has 0 saturated heterocycles. The molecular formula is C10H2BF7O2. The first kappa shape index (κ1) is 14.6. The third kappa shape index (κ3) is 1.75. The molecule has 0 radical (unpaired) electrons. The summed E-state index contributed by atoms with van der Waals surface area (Å²) in [6, 6.07) is 0. The molecule has 0 aliphatic carbocycles. The molecule has 0 amide bonds. The number of rotatable bonds is 1. The Morgan fingerprint density at radius 2 is 0.850 bits per heavy atom. The lowest BCUT2D eigenvalue weighted by Gasteiger charge is -2.11. The zero-order valence-corrected chi connectivity index (χ0v) is 9.12. The Morgan fingerprint density at radius 3 is 1.25 bits per heavy atom. The molecular weight excluding hydrogens is 296 g/mol. The molecule has 2 nitrogen and oxygen atoms in total. The summed E-state index contributed by atoms with van der Waals surface area (Å²) in [5.41, 5.74) is -1.75. The zero-order chi connectivity index (χ0) is 15.4. The quantitative estimate of drug-likeness (QED) is 0.362. The van der Waals surface area contributed by atoms with E-state index < -0.39 is 64.1 Å². The van der Waals surface area contributed by atoms with Gasteiger partial charge in [-0.15, -0.1) is 0 Å². The maximum absolute atomic E-state index is 13.7. The van der Waals surface area contributed by atoms with Crippen LogP contribution < -0.4 is 5.46 Å². The highest BCUT2D eigenvalue weighted by molar-refractivity contribution is 6.59. The average Bonchev–Trinajstić information content (AvgIpc) is 2.37. The van der Waals surface area contributed by atoms with Crippen LogP contribution in [0.4, 0.5) is 30.7 Å². The standard InChI is InChI=1S/C10H2BF7O2/c12-4-1-2(5(13)8(16)3(4)11(19)20)7(15)10(18)9(17)6(1)14/h19-20H. The lowest BCUT2D eigenvalue weighted by Crippen LogP contribution is -2.37. The van der Waals surface area contributed by atoms with Crippen LogP contribution in [0.2, 0.25) is 0 Å². The normalized spacial score (nSPS) is 11.2. The second kappa shape index (κ2) is 4.63. The van der Waals surface area contributed by atoms with Gasteiger partial charge in [0, 0.05) is 0 Å². The van der Waals surface area contributed by atoms with Gasteiger partial charge in [0.2, 0.25) is 0 Å². The Morgan fingerprint density at radius 1 is 0.500 bits per heavy atom. The van der Waals surface area contributed by atoms with E-state index in [-0.39, 0.29) is 0 Å². The van der Waals surface area contributed by atoms with Gasteiger partial charge in [-0.2, -0.15) is 0 Å². The van der Waals surface area contributed by atoms with Crippen molar-refractivity contribution in [2.75, 3.05) is 0 Å². The van der Waals surface area contributed by atoms with E-state index in [9.17, 15) is 30.7 Å². The summed E-state index contributed by atoms with van der Waals surface area (Å²) in [7, 11) is -2.91. The summed E-state index contributed by atoms with van der Waals surface area (Å²) in [5, 5.41) is 13.8. The summed E-state index contributed by atoms with van der Waals surface area (Å²) in [6.45, 7) is 0. The second-order valence-corrected chi connectivity index (χ2v) is 3.74. The lowest BCUT2D eigenvalue weighted by molar-refractivity contribution is 0.407. The van der Waals surface area contributed by atoms with E-state index in [2.05, 4.69) is 0 Å². The average molecular weight is 298 g/mol. The maximum atomic E-state index is 13.7. The molecule has 106 valence electrons. The van der Waals surface area contributed by atoms with Gasteiger partial charge in [-0.1, -0.05) is 0 Å². The van der Waals surface area contributed by atoms with Crippen LogP contribution in [0.5, 0.6) is 0 Å². The topological polar surface area (TPSA) is 40.5 Å². The molecule has 10 heteroatoms. The summed E-state index contributed by atoms with van der Waals surface area (Å²) >= 11 is 0. The van der Waals surface area contributed by atoms with Crippen molar-refractivity contribution in [3.8, 4) is 0 Å². The Labute approximate surface area is 106 Å². The fraction of sp³-hybridized carbons (Fsp3) is 0. The number of hydrogen-bond donors (Lipinski definition) is 2. The SMILES string of the molecule is OB(O)c1c(F)c(F)c2c(F)c(F)c(F)c(F)c2c1F. The Balaban J connectivity index is 3.17. The van der Waals surface area contributed by atoms with Crippen LogP contribution in [-0.4, -0.2) is 17.2 Å². The van der Waals surface area contributed by atoms with Crippen molar-refractivity contribution in [3.63, 3.8) is 0 Å². The number of fused-ring (bicyclic) bond motifs is 1. The summed E-state index contributed by atoms with van der Waals surface area (Å²) in [6.07, 6.45) is 0. The minimum atomic E-state index is -2.91. The van der Waals surface area contributed by atoms with Gasteiger partial charge in [0.25, 0.3) is 0 Å². The molecule has 0 aliphatic heterocycles. The predicted octanol–water partition coefficient (Wildman–Crippen LogP) is 1.49. The Bertz CT molecular complexity index is 732. The van der Waals surface area contributed by atoms with Crippen LogP contribution in [0.3, 0.4) is 0 Å². The lowest BCUT2D eigenvalue weighted by atomic mass is 9.78. The molecule has 2 aromatic rings. The van der Waals surface area contributed by atoms with Crippen molar-refractivity contribution in [1.29, 1.82) is 0 Å². The van der Waals surface area contributed by atoms with Gasteiger partial charge in [-0.3, -0.25) is 0 Å². The molecule has 0 bridgehead atoms. The third-order valence-electron chi connectivity index (χ3n) is 2.63. The first-order valence-electron chi connectivity index (χ1n) is 4.88. The highest BCUT2D eigenvalue weighted by atomic mass is 19.2. The van der Waals surface area contributed by atoms with Crippen molar-refractivity contribution in [2.45, 2.75) is 0 Å². The minimum absolute atomic E-state index is 1.75. The van der Waals surface area contributed by atoms with Crippen molar-refractivity contribution in [1.82, 2.24) is 0 Å². The van der Waals surface area contributed by atoms with E-state index in [4.69, 9.17) is 10.0 Å². The van der Waals surface area contributed by atoms with Crippen LogP contribution in [-0.2, 0) is 0 Å². The molecule has 2 aromatic carbocycles. The molecule has 0 fully saturated rings. The molecule has 0 spiro atoms. The summed E-state index contributed by atoms with van der Waals surface area (Å²) in [5.74, 6) is -16.2. The highest BCUT2D eigenvalue weighted by Gasteiger charge is 2.33. The van der Waals surface area contributed by atoms with Gasteiger partial charge < -0.3 is 10.0 Å². The van der Waals surface area contributed by atoms with Crippen LogP contribution in [0.1, 0.15) is 0 Å². The van der Waals surface area contributed by atoms with E-state index >= 15 is 0 Å². The van der Waals surface area contributed by atoms with Crippen molar-refractivity contribution >= 4 is 23.4 Å². The fourth-order valence-electron chi connectivity index (χ4n) is 1.73. The molecule has 0 heterocycles. The van der Waals surface area contributed by atoms with Crippen molar-refractivity contribution in [2.24, 2.45) is 0 Å². The van der Waals surface area contributed by atoms with Gasteiger partial charge in [-0.25, -0.2) is 30.7 Å². The fourth-order valence-corrected chi connectivity index (χ4v) is 1.73. The first-order valence-corrected chi connectivity index (χ1v) is 4.88. The van der Waals surface area contributed by atoms with Gasteiger partial charge in [0.15, 0.2) is 34.9 Å². The van der Waals surface area contributed by atoms with Crippen molar-refractivity contribution in [3.05, 3.63) is 40.7 Å². The third-order valence-corrected chi connectivity index (χ3v) is 2.63. The first-order chi connectivity index (χ1) is 9.20. The molecule has 20 heavy (non-hydrogen) atoms. The predicted molar refractivity (Wildman–Crippen MR) is 53.5 cm³/mol. The largest absolute Gasteiger partial charge is 0.494 e. The van der Waals surface area contributed by atoms with Crippen LogP contribution in [0, 0.1) is 40.7 Å². The molecule has 0 atom stereocenters. The monoisotopic (exact) mass is 298 g/mol. The molecule has 0 aromatic heterocycles. The minimum Gasteiger partial charge on any atom is -0.423 e. The van der Waals surface area contributed by atoms with E-state index in [1.54, 1.807) is 0 Å². The van der Waals surface area contributed by atoms with Gasteiger partial charge in [0.1, 0.15) is 5.82 Å². The Hall–Kier alpha value is -1.81. The highest BCUT2D eigenvalue weighted by Crippen LogP contribution is 2.31. The molecule has 2 rings (SSSR count). The number of halogens is 7. The van der Waals surface area contributed by atoms with Crippen LogP contribution in [0.15, 0.2) is 0 Å². The number of hydrogen-bond acceptors (Lipinski definition) is 2. The second-order valence-electron chi connectivity index (χ2n) is 3.74. The summed E-state index contributed by atoms with van der Waals surface area (Å²) < 4.78 is 93.1. The van der Waals surface area contributed by atoms with E-state index in [1.165, 1.54) is 0 Å². The molecule has 0 aliphatic rings. The maximum Gasteiger partial charge on any atom is 0.494 e. The van der Waals surface area contributed by atoms with Gasteiger partial charge >= 0.3 is 7.12 Å². The zero-order valence-electron chi connectivity index (χ0n) is 9.12. The molecule has 0 unspecified atom stereocenters. The van der Waals surface area contributed by atoms with E-state index in [0.717, 1.165) is 0 Å². The smallest absolute Gasteiger partial charge is 0.423 e. The van der Waals surface area contributed by atoms with Crippen molar-refractivity contribution < 1.29 is 40.8 Å². The Kier molecular flexibility index (Phi) is 3.38.